The van der Waals surface area contributed by atoms with Crippen LogP contribution in [0.5, 0.6) is 0 Å². The Morgan fingerprint density at radius 1 is 1.50 bits per heavy atom. The van der Waals surface area contributed by atoms with Gasteiger partial charge in [0, 0.05) is 16.9 Å². The van der Waals surface area contributed by atoms with Crippen LogP contribution in [0.4, 0.5) is 0 Å². The lowest BCUT2D eigenvalue weighted by Gasteiger charge is -2.26. The summed E-state index contributed by atoms with van der Waals surface area (Å²) in [4.78, 5) is 2.36. The minimum absolute atomic E-state index is 0.566. The smallest absolute Gasteiger partial charge is 0.0569 e. The highest BCUT2D eigenvalue weighted by Gasteiger charge is 2.26. The maximum atomic E-state index is 3.49. The number of hydrogen-bond donors (Lipinski definition) is 0. The fraction of sp³-hybridized carbons (Fsp3) is 0.400. The largest absolute Gasteiger partial charge is 0.371 e. The molecule has 0 saturated carbocycles. The van der Waals surface area contributed by atoms with E-state index in [0.29, 0.717) is 12.0 Å². The Labute approximate surface area is 81.6 Å². The second-order valence-electron chi connectivity index (χ2n) is 3.15. The van der Waals surface area contributed by atoms with Gasteiger partial charge in [-0.15, -0.1) is 0 Å². The highest BCUT2D eigenvalue weighted by atomic mass is 79.9. The number of halogens is 1. The van der Waals surface area contributed by atoms with Crippen molar-refractivity contribution >= 4 is 15.9 Å². The van der Waals surface area contributed by atoms with E-state index in [-0.39, 0.29) is 0 Å². The summed E-state index contributed by atoms with van der Waals surface area (Å²) in [6, 6.07) is 0.566. The number of rotatable bonds is 1. The van der Waals surface area contributed by atoms with Crippen molar-refractivity contribution in [3.63, 3.8) is 0 Å². The van der Waals surface area contributed by atoms with E-state index in [1.54, 1.807) is 0 Å². The summed E-state index contributed by atoms with van der Waals surface area (Å²) in [6.45, 7) is 3.28. The van der Waals surface area contributed by atoms with E-state index in [1.807, 2.05) is 0 Å². The van der Waals surface area contributed by atoms with Crippen LogP contribution in [0, 0.1) is 5.92 Å². The van der Waals surface area contributed by atoms with E-state index in [2.05, 4.69) is 58.3 Å². The molecule has 0 spiro atoms. The highest BCUT2D eigenvalue weighted by molar-refractivity contribution is 9.11. The van der Waals surface area contributed by atoms with Crippen LogP contribution in [-0.4, -0.2) is 17.5 Å². The molecule has 0 aromatic rings. The van der Waals surface area contributed by atoms with Gasteiger partial charge in [0.1, 0.15) is 0 Å². The molecule has 1 heterocycles. The van der Waals surface area contributed by atoms with Crippen LogP contribution < -0.4 is 0 Å². The molecule has 2 atom stereocenters. The SMILES string of the molecule is CCN1C=CC2C=C(Br)C=CC21. The summed E-state index contributed by atoms with van der Waals surface area (Å²) in [7, 11) is 0. The van der Waals surface area contributed by atoms with Crippen LogP contribution in [0.25, 0.3) is 0 Å². The lowest BCUT2D eigenvalue weighted by Crippen LogP contribution is -2.30. The van der Waals surface area contributed by atoms with Crippen molar-refractivity contribution in [3.8, 4) is 0 Å². The third kappa shape index (κ3) is 1.24. The molecule has 0 amide bonds. The number of hydrogen-bond acceptors (Lipinski definition) is 1. The van der Waals surface area contributed by atoms with Crippen LogP contribution in [0.15, 0.2) is 35.0 Å². The van der Waals surface area contributed by atoms with Crippen molar-refractivity contribution in [3.05, 3.63) is 35.0 Å². The molecular formula is C10H12BrN. The van der Waals surface area contributed by atoms with Gasteiger partial charge in [0.25, 0.3) is 0 Å². The van der Waals surface area contributed by atoms with E-state index in [1.165, 1.54) is 4.48 Å². The van der Waals surface area contributed by atoms with Crippen molar-refractivity contribution in [2.24, 2.45) is 5.92 Å². The molecule has 0 radical (unpaired) electrons. The van der Waals surface area contributed by atoms with Crippen LogP contribution in [-0.2, 0) is 0 Å². The molecule has 0 saturated heterocycles. The molecule has 12 heavy (non-hydrogen) atoms. The zero-order chi connectivity index (χ0) is 8.55. The Morgan fingerprint density at radius 3 is 3.08 bits per heavy atom. The molecular weight excluding hydrogens is 214 g/mol. The van der Waals surface area contributed by atoms with Crippen molar-refractivity contribution in [1.29, 1.82) is 0 Å². The molecule has 0 aromatic carbocycles. The fourth-order valence-electron chi connectivity index (χ4n) is 1.78. The third-order valence-electron chi connectivity index (χ3n) is 2.45. The van der Waals surface area contributed by atoms with E-state index in [0.717, 1.165) is 6.54 Å². The average Bonchev–Trinajstić information content (AvgIpc) is 2.46. The molecule has 2 rings (SSSR count). The van der Waals surface area contributed by atoms with Crippen LogP contribution in [0.1, 0.15) is 6.92 Å². The van der Waals surface area contributed by atoms with E-state index in [9.17, 15) is 0 Å². The Bertz CT molecular complexity index is 265. The van der Waals surface area contributed by atoms with Gasteiger partial charge < -0.3 is 4.90 Å². The van der Waals surface area contributed by atoms with Gasteiger partial charge in [0.15, 0.2) is 0 Å². The van der Waals surface area contributed by atoms with E-state index < -0.39 is 0 Å². The molecule has 0 aromatic heterocycles. The zero-order valence-corrected chi connectivity index (χ0v) is 8.66. The number of allylic oxidation sites excluding steroid dienone is 2. The topological polar surface area (TPSA) is 3.24 Å². The maximum Gasteiger partial charge on any atom is 0.0569 e. The van der Waals surface area contributed by atoms with E-state index in [4.69, 9.17) is 0 Å². The van der Waals surface area contributed by atoms with Gasteiger partial charge in [-0.3, -0.25) is 0 Å². The molecule has 0 N–H and O–H groups in total. The standard InChI is InChI=1S/C10H12BrN/c1-2-12-6-5-8-7-9(11)3-4-10(8)12/h3-8,10H,2H2,1H3. The lowest BCUT2D eigenvalue weighted by atomic mass is 9.97. The quantitative estimate of drug-likeness (QED) is 0.664. The summed E-state index contributed by atoms with van der Waals surface area (Å²) in [5.74, 6) is 0.573. The molecule has 2 unspecified atom stereocenters. The van der Waals surface area contributed by atoms with Gasteiger partial charge in [0.2, 0.25) is 0 Å². The molecule has 0 fully saturated rings. The summed E-state index contributed by atoms with van der Waals surface area (Å²) in [5.41, 5.74) is 0. The van der Waals surface area contributed by atoms with Crippen LogP contribution >= 0.6 is 15.9 Å². The average molecular weight is 226 g/mol. The first-order chi connectivity index (χ1) is 5.81. The third-order valence-corrected chi connectivity index (χ3v) is 2.98. The maximum absolute atomic E-state index is 3.49. The predicted molar refractivity (Wildman–Crippen MR) is 54.9 cm³/mol. The number of nitrogens with zero attached hydrogens (tertiary/aromatic N) is 1. The van der Waals surface area contributed by atoms with Gasteiger partial charge in [-0.25, -0.2) is 0 Å². The Balaban J connectivity index is 2.20. The van der Waals surface area contributed by atoms with Crippen LogP contribution in [0.2, 0.25) is 0 Å². The monoisotopic (exact) mass is 225 g/mol. The second-order valence-corrected chi connectivity index (χ2v) is 4.07. The van der Waals surface area contributed by atoms with E-state index >= 15 is 0 Å². The summed E-state index contributed by atoms with van der Waals surface area (Å²) in [6.07, 6.45) is 11.1. The Kier molecular flexibility index (Phi) is 2.09. The Hall–Kier alpha value is -0.500. The summed E-state index contributed by atoms with van der Waals surface area (Å²) < 4.78 is 1.20. The van der Waals surface area contributed by atoms with Crippen molar-refractivity contribution in [1.82, 2.24) is 4.90 Å². The van der Waals surface area contributed by atoms with Crippen molar-refractivity contribution in [2.45, 2.75) is 13.0 Å². The lowest BCUT2D eigenvalue weighted by molar-refractivity contribution is 0.334. The van der Waals surface area contributed by atoms with Crippen molar-refractivity contribution in [2.75, 3.05) is 6.54 Å². The van der Waals surface area contributed by atoms with Gasteiger partial charge in [-0.1, -0.05) is 40.2 Å². The van der Waals surface area contributed by atoms with Gasteiger partial charge in [-0.05, 0) is 13.1 Å². The molecule has 1 nitrogen and oxygen atoms in total. The second kappa shape index (κ2) is 3.09. The van der Waals surface area contributed by atoms with Gasteiger partial charge in [-0.2, -0.15) is 0 Å². The minimum Gasteiger partial charge on any atom is -0.371 e. The number of fused-ring (bicyclic) bond motifs is 1. The fourth-order valence-corrected chi connectivity index (χ4v) is 2.24. The van der Waals surface area contributed by atoms with Gasteiger partial charge >= 0.3 is 0 Å². The zero-order valence-electron chi connectivity index (χ0n) is 7.07. The first-order valence-corrected chi connectivity index (χ1v) is 5.10. The minimum atomic E-state index is 0.566. The molecule has 2 heteroatoms. The molecule has 64 valence electrons. The molecule has 0 bridgehead atoms. The van der Waals surface area contributed by atoms with Crippen LogP contribution in [0.3, 0.4) is 0 Å². The normalized spacial score (nSPS) is 32.2. The summed E-state index contributed by atoms with van der Waals surface area (Å²) >= 11 is 3.49. The van der Waals surface area contributed by atoms with Gasteiger partial charge in [0.05, 0.1) is 6.04 Å². The first-order valence-electron chi connectivity index (χ1n) is 4.31. The summed E-state index contributed by atoms with van der Waals surface area (Å²) in [5, 5.41) is 0. The highest BCUT2D eigenvalue weighted by Crippen LogP contribution is 2.29. The predicted octanol–water partition coefficient (Wildman–Crippen LogP) is 2.67. The Morgan fingerprint density at radius 2 is 2.33 bits per heavy atom. The molecule has 1 aliphatic heterocycles. The van der Waals surface area contributed by atoms with Crippen molar-refractivity contribution < 1.29 is 0 Å². The molecule has 2 aliphatic rings. The first kappa shape index (κ1) is 8.11. The molecule has 1 aliphatic carbocycles. The number of likely N-dealkylation sites (N-methyl/N-ethyl adjacent to an activating group) is 1.